The Labute approximate surface area is 275 Å². The van der Waals surface area contributed by atoms with Crippen LogP contribution in [0.1, 0.15) is 186 Å². The van der Waals surface area contributed by atoms with Gasteiger partial charge in [0.25, 0.3) is 0 Å². The minimum atomic E-state index is 0. The van der Waals surface area contributed by atoms with E-state index < -0.39 is 0 Å². The minimum absolute atomic E-state index is 0. The van der Waals surface area contributed by atoms with Gasteiger partial charge in [-0.1, -0.05) is 194 Å². The van der Waals surface area contributed by atoms with Crippen molar-refractivity contribution in [2.45, 2.75) is 170 Å². The topological polar surface area (TPSA) is 0 Å². The Morgan fingerprint density at radius 1 is 0.605 bits per heavy atom. The lowest BCUT2D eigenvalue weighted by molar-refractivity contribution is -0.00626. The first kappa shape index (κ1) is 48.3. The molecule has 2 unspecified atom stereocenters. The molecule has 0 bridgehead atoms. The molecule has 0 heteroatoms. The van der Waals surface area contributed by atoms with Gasteiger partial charge in [-0.25, -0.2) is 0 Å². The fraction of sp³-hybridized carbons (Fsp3) is 0.721. The molecule has 43 heavy (non-hydrogen) atoms. The van der Waals surface area contributed by atoms with Crippen molar-refractivity contribution in [1.82, 2.24) is 0 Å². The van der Waals surface area contributed by atoms with Crippen LogP contribution in [0.15, 0.2) is 48.5 Å². The van der Waals surface area contributed by atoms with E-state index in [1.54, 1.807) is 22.3 Å². The second kappa shape index (κ2) is 23.8. The Balaban J connectivity index is -0.000000394. The molecule has 0 aliphatic heterocycles. The van der Waals surface area contributed by atoms with Crippen LogP contribution in [-0.4, -0.2) is 0 Å². The second-order valence-electron chi connectivity index (χ2n) is 11.4. The molecule has 0 amide bonds. The molecule has 0 radical (unpaired) electrons. The molecule has 9 atom stereocenters. The third-order valence-electron chi connectivity index (χ3n) is 9.56. The van der Waals surface area contributed by atoms with Gasteiger partial charge in [0.2, 0.25) is 0 Å². The van der Waals surface area contributed by atoms with Crippen molar-refractivity contribution in [3.8, 4) is 0 Å². The SMILES string of the molecule is C.C.C.CC.CC.CC.CC.CCC.CCC.C[C@H]1[C@H]2C3c4ccccc4C4(c5ccccc5[C@@H](C)[C@H]4C)[C@H]3[C@H]2C[C@H]1C. The molecule has 4 aliphatic rings. The molecule has 2 aromatic carbocycles. The van der Waals surface area contributed by atoms with E-state index in [4.69, 9.17) is 0 Å². The van der Waals surface area contributed by atoms with E-state index in [0.717, 1.165) is 35.5 Å². The number of hydrogen-bond donors (Lipinski definition) is 0. The summed E-state index contributed by atoms with van der Waals surface area (Å²) in [7, 11) is 0. The van der Waals surface area contributed by atoms with Crippen LogP contribution in [0, 0.1) is 35.5 Å². The molecule has 6 rings (SSSR count). The van der Waals surface area contributed by atoms with Gasteiger partial charge in [0, 0.05) is 5.41 Å². The summed E-state index contributed by atoms with van der Waals surface area (Å²) in [5.41, 5.74) is 6.95. The molecular weight excluding hydrogens is 516 g/mol. The van der Waals surface area contributed by atoms with Gasteiger partial charge >= 0.3 is 0 Å². The van der Waals surface area contributed by atoms with Crippen LogP contribution < -0.4 is 0 Å². The first-order valence-electron chi connectivity index (χ1n) is 17.6. The van der Waals surface area contributed by atoms with Crippen LogP contribution in [0.25, 0.3) is 0 Å². The summed E-state index contributed by atoms with van der Waals surface area (Å²) < 4.78 is 0. The summed E-state index contributed by atoms with van der Waals surface area (Å²) in [6.07, 6.45) is 3.95. The molecule has 0 nitrogen and oxygen atoms in total. The van der Waals surface area contributed by atoms with E-state index in [2.05, 4.69) is 104 Å². The predicted octanol–water partition coefficient (Wildman–Crippen LogP) is 15.2. The van der Waals surface area contributed by atoms with E-state index in [9.17, 15) is 0 Å². The molecule has 2 fully saturated rings. The van der Waals surface area contributed by atoms with Crippen LogP contribution in [0.4, 0.5) is 0 Å². The Hall–Kier alpha value is -1.56. The van der Waals surface area contributed by atoms with Crippen molar-refractivity contribution in [2.75, 3.05) is 0 Å². The van der Waals surface area contributed by atoms with Gasteiger partial charge in [0.05, 0.1) is 0 Å². The maximum absolute atomic E-state index is 2.55. The highest BCUT2D eigenvalue weighted by Crippen LogP contribution is 2.77. The summed E-state index contributed by atoms with van der Waals surface area (Å²) >= 11 is 0. The van der Waals surface area contributed by atoms with Gasteiger partial charge in [-0.05, 0) is 76.0 Å². The third kappa shape index (κ3) is 8.38. The first-order chi connectivity index (χ1) is 19.4. The molecule has 0 N–H and O–H groups in total. The average molecular weight is 599 g/mol. The highest BCUT2D eigenvalue weighted by Gasteiger charge is 2.71. The van der Waals surface area contributed by atoms with Gasteiger partial charge in [-0.2, -0.15) is 0 Å². The van der Waals surface area contributed by atoms with E-state index in [0.29, 0.717) is 11.8 Å². The van der Waals surface area contributed by atoms with Crippen molar-refractivity contribution in [1.29, 1.82) is 0 Å². The maximum atomic E-state index is 2.55. The second-order valence-corrected chi connectivity index (χ2v) is 11.4. The lowest BCUT2D eigenvalue weighted by atomic mass is 9.48. The third-order valence-corrected chi connectivity index (χ3v) is 9.56. The number of rotatable bonds is 0. The molecule has 0 aromatic heterocycles. The van der Waals surface area contributed by atoms with Gasteiger partial charge < -0.3 is 0 Å². The zero-order chi connectivity index (χ0) is 31.2. The zero-order valence-corrected chi connectivity index (χ0v) is 29.9. The van der Waals surface area contributed by atoms with Crippen molar-refractivity contribution in [3.05, 3.63) is 70.8 Å². The standard InChI is InChI=1S/C26H30.2C3H8.4C2H6.3CH4/c1-14-13-20-23(15(14)2)24-19-10-6-8-12-22(19)26(25(20)24)17(4)16(3)18-9-5-7-11-21(18)26;2*1-3-2;4*1-2;;;/h5-12,14-17,20,23-25H,13H2,1-4H3;2*3H2,1-2H3;4*1-2H3;3*1H4/t14-,15-,16+,17-,20+,23-,24?,25+,26?;;;;;;;;;/m1........./s1. The Kier molecular flexibility index (Phi) is 26.7. The Morgan fingerprint density at radius 3 is 1.42 bits per heavy atom. The maximum Gasteiger partial charge on any atom is 0.0276 e. The van der Waals surface area contributed by atoms with Crippen LogP contribution in [0.2, 0.25) is 0 Å². The lowest BCUT2D eigenvalue weighted by Gasteiger charge is -2.55. The minimum Gasteiger partial charge on any atom is -0.0776 e. The normalized spacial score (nSPS) is 30.0. The van der Waals surface area contributed by atoms with Gasteiger partial charge in [-0.3, -0.25) is 0 Å². The molecule has 2 aromatic rings. The van der Waals surface area contributed by atoms with Crippen molar-refractivity contribution < 1.29 is 0 Å². The van der Waals surface area contributed by atoms with Crippen LogP contribution in [0.3, 0.4) is 0 Å². The Bertz CT molecular complexity index is 923. The van der Waals surface area contributed by atoms with Gasteiger partial charge in [0.15, 0.2) is 0 Å². The van der Waals surface area contributed by atoms with Gasteiger partial charge in [0.1, 0.15) is 0 Å². The van der Waals surface area contributed by atoms with Crippen LogP contribution >= 0.6 is 0 Å². The summed E-state index contributed by atoms with van der Waals surface area (Å²) in [6, 6.07) is 19.0. The molecule has 254 valence electrons. The summed E-state index contributed by atoms with van der Waals surface area (Å²) in [5, 5.41) is 0. The van der Waals surface area contributed by atoms with E-state index >= 15 is 0 Å². The fourth-order valence-electron chi connectivity index (χ4n) is 8.33. The van der Waals surface area contributed by atoms with Crippen molar-refractivity contribution in [2.24, 2.45) is 35.5 Å². The highest BCUT2D eigenvalue weighted by atomic mass is 14.7. The van der Waals surface area contributed by atoms with E-state index in [-0.39, 0.29) is 27.7 Å². The van der Waals surface area contributed by atoms with Crippen molar-refractivity contribution >= 4 is 0 Å². The first-order valence-corrected chi connectivity index (χ1v) is 17.6. The van der Waals surface area contributed by atoms with Crippen LogP contribution in [0.5, 0.6) is 0 Å². The lowest BCUT2D eigenvalue weighted by Crippen LogP contribution is -2.52. The summed E-state index contributed by atoms with van der Waals surface area (Å²) in [5.74, 6) is 6.62. The Morgan fingerprint density at radius 2 is 0.977 bits per heavy atom. The smallest absolute Gasteiger partial charge is 0.0276 e. The summed E-state index contributed by atoms with van der Waals surface area (Å²) in [4.78, 5) is 0. The predicted molar refractivity (Wildman–Crippen MR) is 205 cm³/mol. The molecular formula is C43H82. The van der Waals surface area contributed by atoms with Gasteiger partial charge in [-0.15, -0.1) is 0 Å². The van der Waals surface area contributed by atoms with Crippen LogP contribution in [-0.2, 0) is 5.41 Å². The quantitative estimate of drug-likeness (QED) is 0.283. The average Bonchev–Trinajstić information content (AvgIpc) is 3.49. The highest BCUT2D eigenvalue weighted by molar-refractivity contribution is 5.61. The van der Waals surface area contributed by atoms with Crippen molar-refractivity contribution in [3.63, 3.8) is 0 Å². The van der Waals surface area contributed by atoms with E-state index in [1.165, 1.54) is 19.3 Å². The molecule has 0 heterocycles. The van der Waals surface area contributed by atoms with E-state index in [1.807, 2.05) is 55.4 Å². The number of hydrogen-bond acceptors (Lipinski definition) is 0. The zero-order valence-electron chi connectivity index (χ0n) is 29.9. The summed E-state index contributed by atoms with van der Waals surface area (Å²) in [6.45, 7) is 34.6. The number of benzene rings is 2. The number of fused-ring (bicyclic) bond motifs is 10. The molecule has 1 spiro atoms. The molecule has 0 saturated heterocycles. The monoisotopic (exact) mass is 599 g/mol. The fourth-order valence-corrected chi connectivity index (χ4v) is 8.33. The molecule has 2 saturated carbocycles. The largest absolute Gasteiger partial charge is 0.0776 e. The molecule has 4 aliphatic carbocycles.